The topological polar surface area (TPSA) is 84.8 Å². The van der Waals surface area contributed by atoms with Crippen molar-refractivity contribution in [2.75, 3.05) is 44.6 Å². The number of aromatic nitrogens is 1. The molecule has 1 atom stereocenters. The lowest BCUT2D eigenvalue weighted by Gasteiger charge is -2.27. The number of pyridine rings is 1. The van der Waals surface area contributed by atoms with E-state index < -0.39 is 17.2 Å². The van der Waals surface area contributed by atoms with Gasteiger partial charge in [0.1, 0.15) is 16.8 Å². The third-order valence-corrected chi connectivity index (χ3v) is 8.18. The molecule has 7 rings (SSSR count). The van der Waals surface area contributed by atoms with Crippen molar-refractivity contribution in [1.82, 2.24) is 14.8 Å². The molecule has 9 heteroatoms. The molecule has 2 N–H and O–H groups in total. The number of carbonyl (C=O) groups excluding carboxylic acids is 1. The van der Waals surface area contributed by atoms with Crippen LogP contribution in [0.25, 0.3) is 27.4 Å². The number of anilines is 1. The molecule has 8 nitrogen and oxygen atoms in total. The van der Waals surface area contributed by atoms with Gasteiger partial charge in [-0.3, -0.25) is 9.59 Å². The molecule has 0 saturated carbocycles. The Morgan fingerprint density at radius 3 is 2.65 bits per heavy atom. The van der Waals surface area contributed by atoms with Gasteiger partial charge in [0.15, 0.2) is 17.3 Å². The first-order valence-electron chi connectivity index (χ1n) is 14.1. The molecule has 4 aromatic rings. The minimum Gasteiger partial charge on any atom is -0.451 e. The van der Waals surface area contributed by atoms with E-state index in [2.05, 4.69) is 15.5 Å². The van der Waals surface area contributed by atoms with Crippen LogP contribution in [0.4, 0.5) is 10.1 Å². The van der Waals surface area contributed by atoms with Crippen LogP contribution in [0.5, 0.6) is 11.5 Å². The number of likely N-dealkylation sites (tertiary alicyclic amines) is 1. The summed E-state index contributed by atoms with van der Waals surface area (Å²) in [6, 6.07) is 13.0. The third kappa shape index (κ3) is 4.39. The largest absolute Gasteiger partial charge is 0.451 e. The van der Waals surface area contributed by atoms with Gasteiger partial charge in [-0.1, -0.05) is 24.3 Å². The lowest BCUT2D eigenvalue weighted by atomic mass is 10.0. The van der Waals surface area contributed by atoms with Gasteiger partial charge in [0.25, 0.3) is 5.91 Å². The van der Waals surface area contributed by atoms with Crippen molar-refractivity contribution < 1.29 is 18.7 Å². The average Bonchev–Trinajstić information content (AvgIpc) is 3.68. The smallest absolute Gasteiger partial charge is 0.256 e. The van der Waals surface area contributed by atoms with E-state index in [-0.39, 0.29) is 28.5 Å². The fraction of sp³-hybridized carbons (Fsp3) is 0.355. The number of rotatable bonds is 7. The highest BCUT2D eigenvalue weighted by Crippen LogP contribution is 2.46. The van der Waals surface area contributed by atoms with Gasteiger partial charge in [0.2, 0.25) is 5.43 Å². The average molecular weight is 543 g/mol. The minimum atomic E-state index is -0.611. The molecule has 3 aliphatic heterocycles. The normalized spacial score (nSPS) is 18.2. The third-order valence-electron chi connectivity index (χ3n) is 8.18. The molecule has 206 valence electrons. The van der Waals surface area contributed by atoms with Crippen LogP contribution in [0.2, 0.25) is 0 Å². The zero-order chi connectivity index (χ0) is 27.2. The molecular formula is C31H31FN4O4. The molecule has 2 fully saturated rings. The molecule has 1 unspecified atom stereocenters. The monoisotopic (exact) mass is 542 g/mol. The van der Waals surface area contributed by atoms with Crippen LogP contribution in [0, 0.1) is 5.82 Å². The highest BCUT2D eigenvalue weighted by Gasteiger charge is 2.29. The number of hydrogen-bond donors (Lipinski definition) is 2. The maximum atomic E-state index is 15.7. The fourth-order valence-electron chi connectivity index (χ4n) is 6.08. The van der Waals surface area contributed by atoms with E-state index in [9.17, 15) is 9.59 Å². The van der Waals surface area contributed by atoms with E-state index >= 15 is 4.39 Å². The number of ether oxygens (including phenoxy) is 2. The summed E-state index contributed by atoms with van der Waals surface area (Å²) < 4.78 is 29.5. The van der Waals surface area contributed by atoms with E-state index in [1.165, 1.54) is 6.07 Å². The molecule has 4 heterocycles. The standard InChI is InChI=1S/C31H31FN4O4/c32-24-16-22-28-30(27(24)34-17-21-8-5-13-39-21)40-26-15-20-7-2-1-6-19(20)14-25(26)36(28)18-23(29(22)37)31(38)33-9-12-35-10-3-4-11-35/h1-2,6-7,14-16,18,21,34H,3-5,8-13,17H2,(H,33,38). The van der Waals surface area contributed by atoms with Crippen molar-refractivity contribution in [1.29, 1.82) is 0 Å². The molecule has 3 aromatic carbocycles. The number of halogens is 1. The Hall–Kier alpha value is -3.95. The predicted molar refractivity (Wildman–Crippen MR) is 153 cm³/mol. The quantitative estimate of drug-likeness (QED) is 0.307. The Kier molecular flexibility index (Phi) is 6.40. The maximum Gasteiger partial charge on any atom is 0.256 e. The van der Waals surface area contributed by atoms with Gasteiger partial charge >= 0.3 is 0 Å². The Morgan fingerprint density at radius 1 is 1.07 bits per heavy atom. The molecule has 0 spiro atoms. The molecule has 3 aliphatic rings. The van der Waals surface area contributed by atoms with Crippen LogP contribution in [-0.2, 0) is 4.74 Å². The number of hydrogen-bond acceptors (Lipinski definition) is 6. The van der Waals surface area contributed by atoms with Crippen LogP contribution in [0.3, 0.4) is 0 Å². The Balaban J connectivity index is 1.34. The molecule has 1 amide bonds. The van der Waals surface area contributed by atoms with E-state index in [4.69, 9.17) is 9.47 Å². The summed E-state index contributed by atoms with van der Waals surface area (Å²) >= 11 is 0. The van der Waals surface area contributed by atoms with Gasteiger partial charge in [0, 0.05) is 32.4 Å². The highest BCUT2D eigenvalue weighted by molar-refractivity contribution is 6.02. The van der Waals surface area contributed by atoms with Gasteiger partial charge in [-0.2, -0.15) is 0 Å². The summed E-state index contributed by atoms with van der Waals surface area (Å²) in [5.41, 5.74) is 0.735. The molecule has 0 radical (unpaired) electrons. The summed E-state index contributed by atoms with van der Waals surface area (Å²) in [5.74, 6) is -0.331. The van der Waals surface area contributed by atoms with Gasteiger partial charge in [-0.25, -0.2) is 4.39 Å². The first kappa shape index (κ1) is 25.0. The zero-order valence-electron chi connectivity index (χ0n) is 22.2. The number of nitrogens with zero attached hydrogens (tertiary/aromatic N) is 2. The Bertz CT molecular complexity index is 1690. The number of fused-ring (bicyclic) bond motifs is 3. The van der Waals surface area contributed by atoms with Crippen molar-refractivity contribution in [3.8, 4) is 17.2 Å². The fourth-order valence-corrected chi connectivity index (χ4v) is 6.08. The van der Waals surface area contributed by atoms with Crippen LogP contribution in [0.15, 0.2) is 53.5 Å². The van der Waals surface area contributed by atoms with E-state index in [0.29, 0.717) is 36.6 Å². The number of amides is 1. The second-order valence-electron chi connectivity index (χ2n) is 10.8. The van der Waals surface area contributed by atoms with Crippen molar-refractivity contribution in [2.24, 2.45) is 0 Å². The summed E-state index contributed by atoms with van der Waals surface area (Å²) in [4.78, 5) is 29.2. The first-order valence-corrected chi connectivity index (χ1v) is 14.1. The van der Waals surface area contributed by atoms with Crippen LogP contribution in [-0.4, -0.2) is 60.8 Å². The van der Waals surface area contributed by atoms with Crippen LogP contribution < -0.4 is 20.8 Å². The highest BCUT2D eigenvalue weighted by atomic mass is 19.1. The van der Waals surface area contributed by atoms with Crippen LogP contribution in [0.1, 0.15) is 36.0 Å². The van der Waals surface area contributed by atoms with Gasteiger partial charge in [-0.05, 0) is 67.7 Å². The lowest BCUT2D eigenvalue weighted by Crippen LogP contribution is -2.36. The Labute approximate surface area is 230 Å². The van der Waals surface area contributed by atoms with Crippen molar-refractivity contribution in [3.63, 3.8) is 0 Å². The summed E-state index contributed by atoms with van der Waals surface area (Å²) in [6.07, 6.45) is 5.75. The number of carbonyl (C=O) groups is 1. The summed E-state index contributed by atoms with van der Waals surface area (Å²) in [5, 5.41) is 8.13. The predicted octanol–water partition coefficient (Wildman–Crippen LogP) is 4.81. The second kappa shape index (κ2) is 10.2. The first-order chi connectivity index (χ1) is 19.6. The molecule has 0 aliphatic carbocycles. The zero-order valence-corrected chi connectivity index (χ0v) is 22.2. The summed E-state index contributed by atoms with van der Waals surface area (Å²) in [6.45, 7) is 4.33. The van der Waals surface area contributed by atoms with Crippen molar-refractivity contribution >= 4 is 33.3 Å². The SMILES string of the molecule is O=C(NCCN1CCCC1)c1cn2c3c(c(NCC4CCCO4)c(F)cc3c1=O)Oc1cc3ccccc3cc1-2. The second-order valence-corrected chi connectivity index (χ2v) is 10.8. The molecule has 40 heavy (non-hydrogen) atoms. The molecule has 1 aromatic heterocycles. The number of benzene rings is 3. The molecule has 2 saturated heterocycles. The molecule has 0 bridgehead atoms. The van der Waals surface area contributed by atoms with E-state index in [1.807, 2.05) is 36.4 Å². The van der Waals surface area contributed by atoms with Crippen molar-refractivity contribution in [3.05, 3.63) is 70.3 Å². The number of nitrogens with one attached hydrogen (secondary N) is 2. The maximum absolute atomic E-state index is 15.7. The minimum absolute atomic E-state index is 0.0176. The van der Waals surface area contributed by atoms with Crippen LogP contribution >= 0.6 is 0 Å². The van der Waals surface area contributed by atoms with Gasteiger partial charge in [-0.15, -0.1) is 0 Å². The Morgan fingerprint density at radius 2 is 1.88 bits per heavy atom. The van der Waals surface area contributed by atoms with Gasteiger partial charge in [0.05, 0.1) is 17.2 Å². The van der Waals surface area contributed by atoms with Gasteiger partial charge < -0.3 is 29.6 Å². The van der Waals surface area contributed by atoms with E-state index in [0.717, 1.165) is 56.1 Å². The lowest BCUT2D eigenvalue weighted by molar-refractivity contribution is 0.0948. The molecular weight excluding hydrogens is 511 g/mol. The summed E-state index contributed by atoms with van der Waals surface area (Å²) in [7, 11) is 0. The van der Waals surface area contributed by atoms with E-state index in [1.54, 1.807) is 10.8 Å². The van der Waals surface area contributed by atoms with Crippen molar-refractivity contribution in [2.45, 2.75) is 31.8 Å².